The summed E-state index contributed by atoms with van der Waals surface area (Å²) in [6.07, 6.45) is 0.607. The van der Waals surface area contributed by atoms with E-state index in [-0.39, 0.29) is 11.9 Å². The quantitative estimate of drug-likeness (QED) is 0.640. The summed E-state index contributed by atoms with van der Waals surface area (Å²) >= 11 is 3.29. The molecule has 0 aliphatic carbocycles. The van der Waals surface area contributed by atoms with Crippen LogP contribution >= 0.6 is 15.9 Å². The van der Waals surface area contributed by atoms with Crippen LogP contribution in [0.25, 0.3) is 0 Å². The van der Waals surface area contributed by atoms with E-state index in [0.29, 0.717) is 10.9 Å². The van der Waals surface area contributed by atoms with Gasteiger partial charge in [-0.05, 0) is 51.7 Å². The van der Waals surface area contributed by atoms with Gasteiger partial charge in [-0.15, -0.1) is 0 Å². The number of nitrogens with zero attached hydrogens (tertiary/aromatic N) is 1. The zero-order valence-electron chi connectivity index (χ0n) is 12.1. The molecule has 0 spiro atoms. The summed E-state index contributed by atoms with van der Waals surface area (Å²) in [6, 6.07) is 13.1. The van der Waals surface area contributed by atoms with Crippen LogP contribution in [0.15, 0.2) is 46.9 Å². The van der Waals surface area contributed by atoms with Gasteiger partial charge in [0.15, 0.2) is 0 Å². The van der Waals surface area contributed by atoms with Gasteiger partial charge in [0, 0.05) is 19.8 Å². The summed E-state index contributed by atoms with van der Waals surface area (Å²) in [5.41, 5.74) is 5.88. The Morgan fingerprint density at radius 1 is 1.19 bits per heavy atom. The zero-order valence-corrected chi connectivity index (χ0v) is 13.7. The lowest BCUT2D eigenvalue weighted by Crippen LogP contribution is -2.29. The Kier molecular flexibility index (Phi) is 5.33. The maximum absolute atomic E-state index is 13.6. The Morgan fingerprint density at radius 3 is 2.43 bits per heavy atom. The van der Waals surface area contributed by atoms with Crippen LogP contribution < -0.4 is 16.2 Å². The van der Waals surface area contributed by atoms with Crippen molar-refractivity contribution in [2.75, 3.05) is 19.0 Å². The molecule has 0 heterocycles. The van der Waals surface area contributed by atoms with Crippen molar-refractivity contribution in [3.63, 3.8) is 0 Å². The van der Waals surface area contributed by atoms with E-state index >= 15 is 0 Å². The Balaban J connectivity index is 2.21. The van der Waals surface area contributed by atoms with E-state index in [1.165, 1.54) is 6.07 Å². The highest BCUT2D eigenvalue weighted by atomic mass is 79.9. The van der Waals surface area contributed by atoms with Crippen molar-refractivity contribution in [3.8, 4) is 0 Å². The van der Waals surface area contributed by atoms with E-state index in [1.54, 1.807) is 6.07 Å². The normalized spacial score (nSPS) is 12.2. The number of hydrogen-bond donors (Lipinski definition) is 2. The van der Waals surface area contributed by atoms with Gasteiger partial charge in [0.05, 0.1) is 10.5 Å². The average molecular weight is 352 g/mol. The molecule has 0 bridgehead atoms. The summed E-state index contributed by atoms with van der Waals surface area (Å²) in [4.78, 5) is 2.04. The Hall–Kier alpha value is -1.43. The molecule has 0 saturated heterocycles. The maximum atomic E-state index is 13.6. The van der Waals surface area contributed by atoms with Gasteiger partial charge in [0.1, 0.15) is 5.82 Å². The van der Waals surface area contributed by atoms with Gasteiger partial charge in [-0.25, -0.2) is 4.39 Å². The second-order valence-electron chi connectivity index (χ2n) is 5.12. The number of rotatable bonds is 5. The van der Waals surface area contributed by atoms with Crippen LogP contribution in [0, 0.1) is 5.82 Å². The fourth-order valence-corrected chi connectivity index (χ4v) is 2.63. The first kappa shape index (κ1) is 15.9. The predicted octanol–water partition coefficient (Wildman–Crippen LogP) is 3.40. The van der Waals surface area contributed by atoms with Crippen LogP contribution in [-0.4, -0.2) is 14.1 Å². The minimum absolute atomic E-state index is 0.0701. The van der Waals surface area contributed by atoms with Crippen LogP contribution in [0.2, 0.25) is 0 Å². The lowest BCUT2D eigenvalue weighted by molar-refractivity contribution is 0.546. The molecule has 0 radical (unpaired) electrons. The Morgan fingerprint density at radius 2 is 1.86 bits per heavy atom. The molecule has 0 aliphatic heterocycles. The molecule has 0 aliphatic rings. The third-order valence-corrected chi connectivity index (χ3v) is 4.36. The lowest BCUT2D eigenvalue weighted by Gasteiger charge is -2.19. The van der Waals surface area contributed by atoms with Crippen molar-refractivity contribution < 1.29 is 4.39 Å². The molecule has 3 nitrogen and oxygen atoms in total. The Labute approximate surface area is 133 Å². The van der Waals surface area contributed by atoms with E-state index in [2.05, 4.69) is 21.4 Å². The number of halogens is 2. The van der Waals surface area contributed by atoms with Crippen LogP contribution in [0.1, 0.15) is 17.2 Å². The molecular weight excluding hydrogens is 333 g/mol. The molecule has 0 saturated carbocycles. The van der Waals surface area contributed by atoms with E-state index in [4.69, 9.17) is 5.84 Å². The molecule has 3 N–H and O–H groups in total. The molecule has 2 aromatic carbocycles. The number of nitrogens with one attached hydrogen (secondary N) is 1. The first-order valence-corrected chi connectivity index (χ1v) is 7.48. The first-order valence-electron chi connectivity index (χ1n) is 6.69. The number of anilines is 1. The SMILES string of the molecule is CN(C)c1ccc(C(Cc2cccc(F)c2Br)NN)cc1. The molecular formula is C16H19BrFN3. The average Bonchev–Trinajstić information content (AvgIpc) is 2.49. The largest absolute Gasteiger partial charge is 0.378 e. The molecule has 21 heavy (non-hydrogen) atoms. The topological polar surface area (TPSA) is 41.3 Å². The van der Waals surface area contributed by atoms with Gasteiger partial charge in [0.25, 0.3) is 0 Å². The smallest absolute Gasteiger partial charge is 0.137 e. The highest BCUT2D eigenvalue weighted by Crippen LogP contribution is 2.26. The summed E-state index contributed by atoms with van der Waals surface area (Å²) in [6.45, 7) is 0. The molecule has 0 fully saturated rings. The first-order chi connectivity index (χ1) is 10.0. The van der Waals surface area contributed by atoms with Crippen molar-refractivity contribution in [1.82, 2.24) is 5.43 Å². The lowest BCUT2D eigenvalue weighted by atomic mass is 9.99. The Bertz CT molecular complexity index is 599. The van der Waals surface area contributed by atoms with Crippen molar-refractivity contribution in [2.45, 2.75) is 12.5 Å². The van der Waals surface area contributed by atoms with Crippen molar-refractivity contribution in [2.24, 2.45) is 5.84 Å². The molecule has 0 amide bonds. The third kappa shape index (κ3) is 3.81. The molecule has 0 aromatic heterocycles. The van der Waals surface area contributed by atoms with E-state index in [0.717, 1.165) is 16.8 Å². The fraction of sp³-hybridized carbons (Fsp3) is 0.250. The minimum Gasteiger partial charge on any atom is -0.378 e. The molecule has 5 heteroatoms. The molecule has 1 unspecified atom stereocenters. The summed E-state index contributed by atoms with van der Waals surface area (Å²) in [5, 5.41) is 0. The highest BCUT2D eigenvalue weighted by Gasteiger charge is 2.14. The van der Waals surface area contributed by atoms with E-state index < -0.39 is 0 Å². The van der Waals surface area contributed by atoms with Gasteiger partial charge in [-0.3, -0.25) is 11.3 Å². The standard InChI is InChI=1S/C16H19BrFN3/c1-21(2)13-8-6-11(7-9-13)15(20-19)10-12-4-3-5-14(18)16(12)17/h3-9,15,20H,10,19H2,1-2H3. The van der Waals surface area contributed by atoms with Gasteiger partial charge < -0.3 is 4.90 Å². The molecule has 2 rings (SSSR count). The van der Waals surface area contributed by atoms with Gasteiger partial charge in [-0.1, -0.05) is 24.3 Å². The second-order valence-corrected chi connectivity index (χ2v) is 5.92. The van der Waals surface area contributed by atoms with Crippen LogP contribution in [-0.2, 0) is 6.42 Å². The predicted molar refractivity (Wildman–Crippen MR) is 88.6 cm³/mol. The van der Waals surface area contributed by atoms with Gasteiger partial charge in [-0.2, -0.15) is 0 Å². The van der Waals surface area contributed by atoms with Crippen molar-refractivity contribution in [1.29, 1.82) is 0 Å². The molecule has 2 aromatic rings. The van der Waals surface area contributed by atoms with Crippen LogP contribution in [0.3, 0.4) is 0 Å². The molecule has 112 valence electrons. The summed E-state index contributed by atoms with van der Waals surface area (Å²) in [5.74, 6) is 5.41. The monoisotopic (exact) mass is 351 g/mol. The molecule has 1 atom stereocenters. The van der Waals surface area contributed by atoms with Gasteiger partial charge in [0.2, 0.25) is 0 Å². The number of hydrogen-bond acceptors (Lipinski definition) is 3. The van der Waals surface area contributed by atoms with Crippen LogP contribution in [0.5, 0.6) is 0 Å². The van der Waals surface area contributed by atoms with Gasteiger partial charge >= 0.3 is 0 Å². The summed E-state index contributed by atoms with van der Waals surface area (Å²) < 4.78 is 14.1. The third-order valence-electron chi connectivity index (χ3n) is 3.47. The van der Waals surface area contributed by atoms with E-state index in [1.807, 2.05) is 49.3 Å². The van der Waals surface area contributed by atoms with E-state index in [9.17, 15) is 4.39 Å². The van der Waals surface area contributed by atoms with Crippen LogP contribution in [0.4, 0.5) is 10.1 Å². The maximum Gasteiger partial charge on any atom is 0.137 e. The van der Waals surface area contributed by atoms with Crippen molar-refractivity contribution >= 4 is 21.6 Å². The zero-order chi connectivity index (χ0) is 15.4. The minimum atomic E-state index is -0.258. The fourth-order valence-electron chi connectivity index (χ4n) is 2.20. The number of nitrogens with two attached hydrogens (primary N) is 1. The van der Waals surface area contributed by atoms with Crippen molar-refractivity contribution in [3.05, 3.63) is 63.9 Å². The highest BCUT2D eigenvalue weighted by molar-refractivity contribution is 9.10. The summed E-state index contributed by atoms with van der Waals surface area (Å²) in [7, 11) is 4.00. The number of hydrazine groups is 1. The number of benzene rings is 2. The second kappa shape index (κ2) is 7.02.